The molecule has 3 aliphatic carbocycles. The molecule has 0 aliphatic heterocycles. The van der Waals surface area contributed by atoms with E-state index >= 15 is 0 Å². The summed E-state index contributed by atoms with van der Waals surface area (Å²) in [4.78, 5) is 24.9. The summed E-state index contributed by atoms with van der Waals surface area (Å²) in [5.41, 5.74) is -0.220. The molecule has 0 heterocycles. The highest BCUT2D eigenvalue weighted by molar-refractivity contribution is 5.75. The lowest BCUT2D eigenvalue weighted by molar-refractivity contribution is -0.173. The zero-order chi connectivity index (χ0) is 17.3. The van der Waals surface area contributed by atoms with Gasteiger partial charge in [0, 0.05) is 5.92 Å². The Morgan fingerprint density at radius 3 is 2.42 bits per heavy atom. The van der Waals surface area contributed by atoms with Crippen molar-refractivity contribution in [3.05, 3.63) is 0 Å². The fraction of sp³-hybridized carbons (Fsp3) is 0.900. The van der Waals surface area contributed by atoms with Crippen molar-refractivity contribution in [2.75, 3.05) is 0 Å². The van der Waals surface area contributed by atoms with Crippen molar-refractivity contribution in [3.8, 4) is 0 Å². The summed E-state index contributed by atoms with van der Waals surface area (Å²) in [6.45, 7) is 6.03. The topological polar surface area (TPSA) is 52.6 Å². The summed E-state index contributed by atoms with van der Waals surface area (Å²) in [6.07, 6.45) is 8.80. The third-order valence-corrected chi connectivity index (χ3v) is 6.81. The molecule has 3 fully saturated rings. The maximum atomic E-state index is 12.8. The zero-order valence-electron chi connectivity index (χ0n) is 15.4. The summed E-state index contributed by atoms with van der Waals surface area (Å²) >= 11 is 0. The van der Waals surface area contributed by atoms with Crippen molar-refractivity contribution in [1.29, 1.82) is 0 Å². The molecule has 5 unspecified atom stereocenters. The van der Waals surface area contributed by atoms with Gasteiger partial charge in [0.05, 0.1) is 11.8 Å². The second-order valence-corrected chi connectivity index (χ2v) is 8.29. The second-order valence-electron chi connectivity index (χ2n) is 8.29. The molecule has 136 valence electrons. The Morgan fingerprint density at radius 1 is 1.12 bits per heavy atom. The van der Waals surface area contributed by atoms with Gasteiger partial charge >= 0.3 is 11.9 Å². The molecule has 0 aromatic carbocycles. The Bertz CT molecular complexity index is 480. The van der Waals surface area contributed by atoms with Crippen LogP contribution in [0, 0.1) is 23.7 Å². The van der Waals surface area contributed by atoms with Crippen LogP contribution in [0.25, 0.3) is 0 Å². The van der Waals surface area contributed by atoms with Gasteiger partial charge in [-0.2, -0.15) is 0 Å². The van der Waals surface area contributed by atoms with Crippen LogP contribution < -0.4 is 0 Å². The first-order valence-corrected chi connectivity index (χ1v) is 9.91. The van der Waals surface area contributed by atoms with Crippen LogP contribution in [0.3, 0.4) is 0 Å². The van der Waals surface area contributed by atoms with Crippen LogP contribution in [0.2, 0.25) is 0 Å². The van der Waals surface area contributed by atoms with Crippen molar-refractivity contribution in [1.82, 2.24) is 0 Å². The molecule has 3 rings (SSSR count). The van der Waals surface area contributed by atoms with Gasteiger partial charge in [0.25, 0.3) is 0 Å². The zero-order valence-corrected chi connectivity index (χ0v) is 15.4. The molecule has 0 amide bonds. The lowest BCUT2D eigenvalue weighted by Gasteiger charge is -2.33. The van der Waals surface area contributed by atoms with Crippen LogP contribution in [0.5, 0.6) is 0 Å². The van der Waals surface area contributed by atoms with Gasteiger partial charge in [0.1, 0.15) is 11.7 Å². The highest BCUT2D eigenvalue weighted by Crippen LogP contribution is 2.51. The van der Waals surface area contributed by atoms with Crippen LogP contribution in [0.4, 0.5) is 0 Å². The molecule has 24 heavy (non-hydrogen) atoms. The van der Waals surface area contributed by atoms with Gasteiger partial charge in [0.2, 0.25) is 0 Å². The van der Waals surface area contributed by atoms with Crippen molar-refractivity contribution >= 4 is 11.9 Å². The first kappa shape index (κ1) is 17.8. The molecule has 0 spiro atoms. The van der Waals surface area contributed by atoms with E-state index in [0.717, 1.165) is 57.8 Å². The lowest BCUT2D eigenvalue weighted by atomic mass is 9.86. The Labute approximate surface area is 145 Å². The van der Waals surface area contributed by atoms with Crippen LogP contribution in [-0.2, 0) is 19.1 Å². The smallest absolute Gasteiger partial charge is 0.309 e. The first-order valence-electron chi connectivity index (χ1n) is 9.91. The SMILES string of the molecule is CCC(C)C(=O)OC1CC2CC(C(=O)OC3(CC)CCCC3)C1C2. The van der Waals surface area contributed by atoms with Crippen LogP contribution >= 0.6 is 0 Å². The van der Waals surface area contributed by atoms with E-state index in [4.69, 9.17) is 9.47 Å². The van der Waals surface area contributed by atoms with Crippen molar-refractivity contribution in [2.45, 2.75) is 90.3 Å². The number of hydrogen-bond acceptors (Lipinski definition) is 4. The molecule has 0 aromatic rings. The van der Waals surface area contributed by atoms with Gasteiger partial charge in [0.15, 0.2) is 0 Å². The highest BCUT2D eigenvalue weighted by Gasteiger charge is 2.52. The van der Waals surface area contributed by atoms with Gasteiger partial charge < -0.3 is 9.47 Å². The molecule has 0 aromatic heterocycles. The summed E-state index contributed by atoms with van der Waals surface area (Å²) in [5.74, 6) is 0.423. The normalized spacial score (nSPS) is 35.0. The van der Waals surface area contributed by atoms with E-state index in [1.807, 2.05) is 13.8 Å². The predicted molar refractivity (Wildman–Crippen MR) is 91.2 cm³/mol. The van der Waals surface area contributed by atoms with E-state index in [9.17, 15) is 9.59 Å². The van der Waals surface area contributed by atoms with E-state index in [1.54, 1.807) is 0 Å². The third-order valence-electron chi connectivity index (χ3n) is 6.81. The molecule has 4 heteroatoms. The fourth-order valence-corrected chi connectivity index (χ4v) is 4.96. The maximum absolute atomic E-state index is 12.8. The van der Waals surface area contributed by atoms with Crippen LogP contribution in [0.1, 0.15) is 78.6 Å². The minimum atomic E-state index is -0.220. The van der Waals surface area contributed by atoms with E-state index in [1.165, 1.54) is 0 Å². The van der Waals surface area contributed by atoms with Gasteiger partial charge in [-0.1, -0.05) is 20.8 Å². The number of hydrogen-bond donors (Lipinski definition) is 0. The van der Waals surface area contributed by atoms with Gasteiger partial charge in [-0.15, -0.1) is 0 Å². The molecule has 0 radical (unpaired) electrons. The number of carbonyl (C=O) groups is 2. The average molecular weight is 336 g/mol. The Balaban J connectivity index is 1.61. The molecule has 2 bridgehead atoms. The minimum Gasteiger partial charge on any atom is -0.462 e. The molecule has 3 saturated carbocycles. The third kappa shape index (κ3) is 3.34. The second kappa shape index (κ2) is 7.05. The average Bonchev–Trinajstić information content (AvgIpc) is 3.29. The summed E-state index contributed by atoms with van der Waals surface area (Å²) in [6, 6.07) is 0. The van der Waals surface area contributed by atoms with Crippen LogP contribution in [0.15, 0.2) is 0 Å². The van der Waals surface area contributed by atoms with Gasteiger partial charge in [-0.05, 0) is 63.7 Å². The lowest BCUT2D eigenvalue weighted by Crippen LogP contribution is -2.39. The molecule has 5 atom stereocenters. The summed E-state index contributed by atoms with van der Waals surface area (Å²) < 4.78 is 11.8. The number of fused-ring (bicyclic) bond motifs is 2. The minimum absolute atomic E-state index is 0.0319. The summed E-state index contributed by atoms with van der Waals surface area (Å²) in [5, 5.41) is 0. The number of esters is 2. The molecule has 4 nitrogen and oxygen atoms in total. The number of rotatable bonds is 6. The van der Waals surface area contributed by atoms with E-state index in [0.29, 0.717) is 5.92 Å². The molecular formula is C20H32O4. The van der Waals surface area contributed by atoms with Crippen molar-refractivity contribution < 1.29 is 19.1 Å². The number of carbonyl (C=O) groups excluding carboxylic acids is 2. The van der Waals surface area contributed by atoms with E-state index in [-0.39, 0.29) is 41.4 Å². The predicted octanol–water partition coefficient (Wildman–Crippen LogP) is 4.26. The first-order chi connectivity index (χ1) is 11.5. The van der Waals surface area contributed by atoms with Crippen molar-refractivity contribution in [2.24, 2.45) is 23.7 Å². The van der Waals surface area contributed by atoms with Crippen LogP contribution in [-0.4, -0.2) is 23.6 Å². The van der Waals surface area contributed by atoms with Crippen molar-refractivity contribution in [3.63, 3.8) is 0 Å². The summed E-state index contributed by atoms with van der Waals surface area (Å²) in [7, 11) is 0. The Hall–Kier alpha value is -1.06. The standard InChI is InChI=1S/C20H32O4/c1-4-13(3)18(21)23-17-12-14-10-15(17)16(11-14)19(22)24-20(5-2)8-6-7-9-20/h13-17H,4-12H2,1-3H3. The van der Waals surface area contributed by atoms with Gasteiger partial charge in [-0.25, -0.2) is 0 Å². The van der Waals surface area contributed by atoms with Gasteiger partial charge in [-0.3, -0.25) is 9.59 Å². The fourth-order valence-electron chi connectivity index (χ4n) is 4.96. The number of ether oxygens (including phenoxy) is 2. The largest absolute Gasteiger partial charge is 0.462 e. The monoisotopic (exact) mass is 336 g/mol. The van der Waals surface area contributed by atoms with E-state index in [2.05, 4.69) is 6.92 Å². The molecule has 0 saturated heterocycles. The quantitative estimate of drug-likeness (QED) is 0.680. The van der Waals surface area contributed by atoms with E-state index < -0.39 is 0 Å². The Morgan fingerprint density at radius 2 is 1.83 bits per heavy atom. The highest BCUT2D eigenvalue weighted by atomic mass is 16.6. The molecule has 3 aliphatic rings. The molecule has 0 N–H and O–H groups in total. The molecular weight excluding hydrogens is 304 g/mol. The Kier molecular flexibility index (Phi) is 5.22. The maximum Gasteiger partial charge on any atom is 0.309 e.